The van der Waals surface area contributed by atoms with E-state index in [2.05, 4.69) is 29.3 Å². The van der Waals surface area contributed by atoms with Gasteiger partial charge in [0.25, 0.3) is 5.70 Å². The number of hydrogen-bond acceptors (Lipinski definition) is 4. The van der Waals surface area contributed by atoms with E-state index >= 15 is 0 Å². The topological polar surface area (TPSA) is 33.8 Å². The number of rotatable bonds is 4. The van der Waals surface area contributed by atoms with Gasteiger partial charge in [-0.2, -0.15) is 0 Å². The molecule has 1 aliphatic heterocycles. The average molecular weight is 287 g/mol. The van der Waals surface area contributed by atoms with Crippen LogP contribution in [0.15, 0.2) is 46.5 Å². The van der Waals surface area contributed by atoms with Crippen molar-refractivity contribution in [3.8, 4) is 0 Å². The third-order valence-corrected chi connectivity index (χ3v) is 4.20. The molecular formula is C15H15N2O2S+. The zero-order valence-corrected chi connectivity index (χ0v) is 12.2. The van der Waals surface area contributed by atoms with Crippen LogP contribution < -0.4 is 0 Å². The fourth-order valence-electron chi connectivity index (χ4n) is 2.27. The lowest BCUT2D eigenvalue weighted by Gasteiger charge is -2.08. The van der Waals surface area contributed by atoms with Crippen molar-refractivity contribution in [3.63, 3.8) is 0 Å². The second-order valence-electron chi connectivity index (χ2n) is 4.40. The van der Waals surface area contributed by atoms with E-state index < -0.39 is 6.29 Å². The molecule has 0 radical (unpaired) electrons. The number of hydrazone groups is 1. The maximum atomic E-state index is 5.26. The first-order valence-electron chi connectivity index (χ1n) is 6.17. The molecule has 0 bridgehead atoms. The predicted molar refractivity (Wildman–Crippen MR) is 81.6 cm³/mol. The summed E-state index contributed by atoms with van der Waals surface area (Å²) in [5.41, 5.74) is 2.78. The van der Waals surface area contributed by atoms with Crippen LogP contribution in [0.25, 0.3) is 10.1 Å². The monoisotopic (exact) mass is 287 g/mol. The first-order chi connectivity index (χ1) is 9.74. The van der Waals surface area contributed by atoms with E-state index in [1.807, 2.05) is 18.2 Å². The molecule has 5 heteroatoms. The van der Waals surface area contributed by atoms with Gasteiger partial charge in [0.05, 0.1) is 0 Å². The van der Waals surface area contributed by atoms with E-state index in [-0.39, 0.29) is 0 Å². The maximum absolute atomic E-state index is 5.26. The van der Waals surface area contributed by atoms with Crippen molar-refractivity contribution in [2.75, 3.05) is 14.2 Å². The molecule has 0 spiro atoms. The standard InChI is InChI=1S/C15H15N2O2S/c1-17-13(15(18-2)19-3)8-12(16-17)11-9-20-14-7-5-4-6-10(11)14/h4-9,15H,1H2,2-3H3/q+1. The van der Waals surface area contributed by atoms with Crippen LogP contribution in [0.2, 0.25) is 0 Å². The van der Waals surface area contributed by atoms with Crippen LogP contribution >= 0.6 is 11.3 Å². The van der Waals surface area contributed by atoms with Crippen molar-refractivity contribution in [2.45, 2.75) is 6.29 Å². The molecular weight excluding hydrogens is 272 g/mol. The van der Waals surface area contributed by atoms with Gasteiger partial charge in [-0.15, -0.1) is 11.3 Å². The summed E-state index contributed by atoms with van der Waals surface area (Å²) in [6, 6.07) is 8.29. The average Bonchev–Trinajstić information content (AvgIpc) is 3.04. The van der Waals surface area contributed by atoms with Crippen LogP contribution in [0.3, 0.4) is 0 Å². The number of hydrogen-bond donors (Lipinski definition) is 0. The highest BCUT2D eigenvalue weighted by Gasteiger charge is 2.31. The van der Waals surface area contributed by atoms with E-state index in [0.29, 0.717) is 0 Å². The molecule has 20 heavy (non-hydrogen) atoms. The molecule has 0 atom stereocenters. The SMILES string of the molecule is C=[N+]1N=C(c2csc3ccccc23)C=C1C(OC)OC. The smallest absolute Gasteiger partial charge is 0.272 e. The van der Waals surface area contributed by atoms with E-state index in [1.54, 1.807) is 30.2 Å². The van der Waals surface area contributed by atoms with Crippen molar-refractivity contribution in [1.82, 2.24) is 0 Å². The minimum absolute atomic E-state index is 0.460. The number of fused-ring (bicyclic) bond motifs is 1. The maximum Gasteiger partial charge on any atom is 0.272 e. The molecule has 2 heterocycles. The van der Waals surface area contributed by atoms with Crippen LogP contribution in [0.4, 0.5) is 0 Å². The number of methoxy groups -OCH3 is 2. The predicted octanol–water partition coefficient (Wildman–Crippen LogP) is 2.83. The van der Waals surface area contributed by atoms with E-state index in [9.17, 15) is 0 Å². The lowest BCUT2D eigenvalue weighted by atomic mass is 10.1. The number of benzene rings is 1. The van der Waals surface area contributed by atoms with Crippen molar-refractivity contribution >= 4 is 33.9 Å². The third-order valence-electron chi connectivity index (χ3n) is 3.24. The zero-order chi connectivity index (χ0) is 14.1. The Balaban J connectivity index is 2.03. The third kappa shape index (κ3) is 2.10. The number of allylic oxidation sites excluding steroid dienone is 1. The first-order valence-corrected chi connectivity index (χ1v) is 7.05. The van der Waals surface area contributed by atoms with Gasteiger partial charge in [0.2, 0.25) is 6.29 Å². The Kier molecular flexibility index (Phi) is 3.48. The second kappa shape index (κ2) is 5.28. The minimum Gasteiger partial charge on any atom is -0.347 e. The summed E-state index contributed by atoms with van der Waals surface area (Å²) in [4.78, 5) is 0. The molecule has 1 aliphatic rings. The van der Waals surface area contributed by atoms with Gasteiger partial charge >= 0.3 is 0 Å². The summed E-state index contributed by atoms with van der Waals surface area (Å²) in [6.45, 7) is 3.90. The van der Waals surface area contributed by atoms with Crippen LogP contribution in [-0.4, -0.2) is 37.6 Å². The summed E-state index contributed by atoms with van der Waals surface area (Å²) < 4.78 is 13.3. The second-order valence-corrected chi connectivity index (χ2v) is 5.31. The van der Waals surface area contributed by atoms with Crippen LogP contribution in [-0.2, 0) is 9.47 Å². The van der Waals surface area contributed by atoms with Gasteiger partial charge in [0.15, 0.2) is 6.72 Å². The molecule has 4 nitrogen and oxygen atoms in total. The molecule has 0 fully saturated rings. The van der Waals surface area contributed by atoms with Crippen LogP contribution in [0.1, 0.15) is 5.56 Å². The molecule has 0 aliphatic carbocycles. The van der Waals surface area contributed by atoms with Crippen molar-refractivity contribution in [3.05, 3.63) is 47.0 Å². The fourth-order valence-corrected chi connectivity index (χ4v) is 3.22. The molecule has 2 aromatic rings. The van der Waals surface area contributed by atoms with Crippen LogP contribution in [0, 0.1) is 0 Å². The van der Waals surface area contributed by atoms with Crippen LogP contribution in [0.5, 0.6) is 0 Å². The normalized spacial score (nSPS) is 15.1. The van der Waals surface area contributed by atoms with Gasteiger partial charge in [-0.25, -0.2) is 0 Å². The fraction of sp³-hybridized carbons (Fsp3) is 0.200. The lowest BCUT2D eigenvalue weighted by molar-refractivity contribution is -0.487. The Morgan fingerprint density at radius 2 is 2.00 bits per heavy atom. The van der Waals surface area contributed by atoms with Gasteiger partial charge in [-0.3, -0.25) is 0 Å². The largest absolute Gasteiger partial charge is 0.347 e. The van der Waals surface area contributed by atoms with Gasteiger partial charge < -0.3 is 9.47 Å². The highest BCUT2D eigenvalue weighted by molar-refractivity contribution is 7.17. The van der Waals surface area contributed by atoms with Gasteiger partial charge in [0, 0.05) is 46.4 Å². The van der Waals surface area contributed by atoms with Gasteiger partial charge in [-0.05, 0) is 6.07 Å². The number of ether oxygens (including phenoxy) is 2. The highest BCUT2D eigenvalue weighted by atomic mass is 32.1. The molecule has 0 saturated heterocycles. The molecule has 1 aromatic carbocycles. The first kappa shape index (κ1) is 13.2. The van der Waals surface area contributed by atoms with E-state index in [1.165, 1.54) is 10.1 Å². The van der Waals surface area contributed by atoms with Crippen molar-refractivity contribution < 1.29 is 14.2 Å². The molecule has 1 aromatic heterocycles. The Morgan fingerprint density at radius 3 is 2.75 bits per heavy atom. The Morgan fingerprint density at radius 1 is 1.25 bits per heavy atom. The zero-order valence-electron chi connectivity index (χ0n) is 11.4. The summed E-state index contributed by atoms with van der Waals surface area (Å²) in [5.74, 6) is 0. The van der Waals surface area contributed by atoms with Gasteiger partial charge in [0.1, 0.15) is 5.71 Å². The minimum atomic E-state index is -0.460. The molecule has 0 saturated carbocycles. The molecule has 3 rings (SSSR count). The highest BCUT2D eigenvalue weighted by Crippen LogP contribution is 2.28. The van der Waals surface area contributed by atoms with E-state index in [0.717, 1.165) is 17.0 Å². The number of thiophene rings is 1. The summed E-state index contributed by atoms with van der Waals surface area (Å²) in [6.07, 6.45) is 1.50. The number of nitrogens with zero attached hydrogens (tertiary/aromatic N) is 2. The van der Waals surface area contributed by atoms with E-state index in [4.69, 9.17) is 9.47 Å². The van der Waals surface area contributed by atoms with Crippen molar-refractivity contribution in [1.29, 1.82) is 0 Å². The molecule has 102 valence electrons. The lowest BCUT2D eigenvalue weighted by Crippen LogP contribution is -2.20. The summed E-state index contributed by atoms with van der Waals surface area (Å²) >= 11 is 1.71. The summed E-state index contributed by atoms with van der Waals surface area (Å²) in [5, 5.41) is 7.79. The Bertz CT molecular complexity index is 726. The molecule has 0 unspecified atom stereocenters. The Hall–Kier alpha value is -1.82. The summed E-state index contributed by atoms with van der Waals surface area (Å²) in [7, 11) is 3.20. The molecule has 0 amide bonds. The Labute approximate surface area is 121 Å². The quantitative estimate of drug-likeness (QED) is 0.640. The van der Waals surface area contributed by atoms with Gasteiger partial charge in [-0.1, -0.05) is 22.9 Å². The molecule has 0 N–H and O–H groups in total. The van der Waals surface area contributed by atoms with Crippen molar-refractivity contribution in [2.24, 2.45) is 5.10 Å².